The fourth-order valence-corrected chi connectivity index (χ4v) is 1.37. The van der Waals surface area contributed by atoms with Gasteiger partial charge in [0, 0.05) is 13.5 Å². The van der Waals surface area contributed by atoms with E-state index in [1.54, 1.807) is 19.2 Å². The number of aliphatic hydroxyl groups is 1. The van der Waals surface area contributed by atoms with Crippen LogP contribution in [0.15, 0.2) is 36.9 Å². The Balaban J connectivity index is 2.84. The van der Waals surface area contributed by atoms with Crippen molar-refractivity contribution in [2.75, 3.05) is 14.2 Å². The number of hydroxylamine groups is 2. The summed E-state index contributed by atoms with van der Waals surface area (Å²) >= 11 is 0. The molecule has 1 N–H and O–H groups in total. The van der Waals surface area contributed by atoms with E-state index in [4.69, 9.17) is 4.84 Å². The second-order valence-corrected chi connectivity index (χ2v) is 3.57. The molecule has 0 heterocycles. The Morgan fingerprint density at radius 3 is 2.50 bits per heavy atom. The monoisotopic (exact) mass is 225 g/mol. The van der Waals surface area contributed by atoms with Crippen molar-refractivity contribution < 1.29 is 14.3 Å². The van der Waals surface area contributed by atoms with Gasteiger partial charge in [0.05, 0.1) is 7.11 Å². The molecule has 0 aromatic heterocycles. The second-order valence-electron chi connectivity index (χ2n) is 3.57. The molecule has 0 radical (unpaired) electrons. The highest BCUT2D eigenvalue weighted by atomic mass is 19.1. The number of benzene rings is 1. The number of hydrogen-bond acceptors (Lipinski definition) is 3. The molecule has 88 valence electrons. The predicted molar refractivity (Wildman–Crippen MR) is 60.0 cm³/mol. The molecule has 0 saturated carbocycles. The van der Waals surface area contributed by atoms with Crippen molar-refractivity contribution in [3.05, 3.63) is 48.3 Å². The van der Waals surface area contributed by atoms with Gasteiger partial charge in [0.1, 0.15) is 5.82 Å². The third-order valence-electron chi connectivity index (χ3n) is 2.52. The standard InChI is InChI=1S/C12H16FNO2/c1-4-12(15,14(2)16-3)9-10-5-7-11(13)8-6-10/h4-8,15H,1,9H2,2-3H3. The molecule has 1 aromatic carbocycles. The summed E-state index contributed by atoms with van der Waals surface area (Å²) in [5.74, 6) is -0.300. The van der Waals surface area contributed by atoms with Crippen molar-refractivity contribution in [2.45, 2.75) is 12.1 Å². The average molecular weight is 225 g/mol. The fraction of sp³-hybridized carbons (Fsp3) is 0.333. The Hall–Kier alpha value is -1.23. The van der Waals surface area contributed by atoms with Gasteiger partial charge < -0.3 is 5.11 Å². The number of likely N-dealkylation sites (N-methyl/N-ethyl adjacent to an activating group) is 1. The smallest absolute Gasteiger partial charge is 0.163 e. The summed E-state index contributed by atoms with van der Waals surface area (Å²) in [5.41, 5.74) is -0.500. The van der Waals surface area contributed by atoms with Crippen LogP contribution in [0.3, 0.4) is 0 Å². The average Bonchev–Trinajstić information content (AvgIpc) is 2.31. The molecule has 0 aliphatic carbocycles. The van der Waals surface area contributed by atoms with Gasteiger partial charge in [0.25, 0.3) is 0 Å². The summed E-state index contributed by atoms with van der Waals surface area (Å²) < 4.78 is 12.7. The maximum atomic E-state index is 12.7. The summed E-state index contributed by atoms with van der Waals surface area (Å²) in [7, 11) is 3.06. The van der Waals surface area contributed by atoms with Crippen LogP contribution in [0, 0.1) is 5.82 Å². The molecule has 0 aliphatic rings. The number of halogens is 1. The summed E-state index contributed by atoms with van der Waals surface area (Å²) in [6, 6.07) is 5.94. The highest BCUT2D eigenvalue weighted by molar-refractivity contribution is 5.19. The van der Waals surface area contributed by atoms with Crippen molar-refractivity contribution in [2.24, 2.45) is 0 Å². The van der Waals surface area contributed by atoms with Crippen LogP contribution in [0.25, 0.3) is 0 Å². The lowest BCUT2D eigenvalue weighted by Gasteiger charge is -2.32. The highest BCUT2D eigenvalue weighted by Gasteiger charge is 2.29. The molecule has 16 heavy (non-hydrogen) atoms. The molecule has 1 rings (SSSR count). The van der Waals surface area contributed by atoms with E-state index in [0.29, 0.717) is 0 Å². The van der Waals surface area contributed by atoms with E-state index < -0.39 is 5.72 Å². The molecular weight excluding hydrogens is 209 g/mol. The first-order chi connectivity index (χ1) is 7.51. The van der Waals surface area contributed by atoms with E-state index in [1.165, 1.54) is 30.4 Å². The van der Waals surface area contributed by atoms with E-state index in [1.807, 2.05) is 0 Å². The summed E-state index contributed by atoms with van der Waals surface area (Å²) in [6.07, 6.45) is 1.67. The fourth-order valence-electron chi connectivity index (χ4n) is 1.37. The van der Waals surface area contributed by atoms with Gasteiger partial charge in [-0.2, -0.15) is 5.06 Å². The van der Waals surface area contributed by atoms with E-state index in [0.717, 1.165) is 5.56 Å². The second kappa shape index (κ2) is 5.21. The van der Waals surface area contributed by atoms with E-state index >= 15 is 0 Å². The van der Waals surface area contributed by atoms with Crippen molar-refractivity contribution in [1.82, 2.24) is 5.06 Å². The lowest BCUT2D eigenvalue weighted by atomic mass is 10.0. The van der Waals surface area contributed by atoms with Crippen LogP contribution >= 0.6 is 0 Å². The van der Waals surface area contributed by atoms with E-state index in [-0.39, 0.29) is 12.2 Å². The minimum atomic E-state index is -1.30. The molecule has 0 amide bonds. The Morgan fingerprint density at radius 1 is 1.50 bits per heavy atom. The zero-order chi connectivity index (χ0) is 12.2. The molecule has 0 fully saturated rings. The van der Waals surface area contributed by atoms with Crippen molar-refractivity contribution in [3.63, 3.8) is 0 Å². The number of hydrogen-bond donors (Lipinski definition) is 1. The maximum Gasteiger partial charge on any atom is 0.163 e. The topological polar surface area (TPSA) is 32.7 Å². The number of nitrogens with zero attached hydrogens (tertiary/aromatic N) is 1. The van der Waals surface area contributed by atoms with Crippen LogP contribution in [0.5, 0.6) is 0 Å². The van der Waals surface area contributed by atoms with Crippen molar-refractivity contribution >= 4 is 0 Å². The highest BCUT2D eigenvalue weighted by Crippen LogP contribution is 2.18. The van der Waals surface area contributed by atoms with Crippen molar-refractivity contribution in [3.8, 4) is 0 Å². The third-order valence-corrected chi connectivity index (χ3v) is 2.52. The van der Waals surface area contributed by atoms with Crippen LogP contribution in [0.1, 0.15) is 5.56 Å². The van der Waals surface area contributed by atoms with Crippen LogP contribution in [0.2, 0.25) is 0 Å². The Morgan fingerprint density at radius 2 is 2.06 bits per heavy atom. The maximum absolute atomic E-state index is 12.7. The van der Waals surface area contributed by atoms with Gasteiger partial charge in [-0.1, -0.05) is 18.7 Å². The SMILES string of the molecule is C=CC(O)(Cc1ccc(F)cc1)N(C)OC. The minimum absolute atomic E-state index is 0.279. The molecule has 0 aliphatic heterocycles. The molecule has 1 unspecified atom stereocenters. The molecule has 3 nitrogen and oxygen atoms in total. The lowest BCUT2D eigenvalue weighted by molar-refractivity contribution is -0.242. The van der Waals surface area contributed by atoms with Crippen molar-refractivity contribution in [1.29, 1.82) is 0 Å². The first kappa shape index (κ1) is 12.8. The Labute approximate surface area is 94.7 Å². The van der Waals surface area contributed by atoms with E-state index in [9.17, 15) is 9.50 Å². The van der Waals surface area contributed by atoms with Gasteiger partial charge in [0.2, 0.25) is 0 Å². The Bertz CT molecular complexity index is 353. The normalized spacial score (nSPS) is 14.8. The summed E-state index contributed by atoms with van der Waals surface area (Å²) in [4.78, 5) is 4.94. The van der Waals surface area contributed by atoms with Crippen LogP contribution in [0.4, 0.5) is 4.39 Å². The molecule has 4 heteroatoms. The predicted octanol–water partition coefficient (Wildman–Crippen LogP) is 1.74. The lowest BCUT2D eigenvalue weighted by Crippen LogP contribution is -2.45. The molecule has 1 aromatic rings. The molecule has 1 atom stereocenters. The number of rotatable bonds is 5. The molecule has 0 saturated heterocycles. The van der Waals surface area contributed by atoms with Gasteiger partial charge in [-0.3, -0.25) is 4.84 Å². The largest absolute Gasteiger partial charge is 0.370 e. The van der Waals surface area contributed by atoms with Gasteiger partial charge in [0.15, 0.2) is 5.72 Å². The zero-order valence-electron chi connectivity index (χ0n) is 9.48. The third kappa shape index (κ3) is 2.88. The van der Waals surface area contributed by atoms with Crippen LogP contribution < -0.4 is 0 Å². The first-order valence-corrected chi connectivity index (χ1v) is 4.90. The molecular formula is C12H16FNO2. The zero-order valence-corrected chi connectivity index (χ0v) is 9.48. The van der Waals surface area contributed by atoms with Gasteiger partial charge in [-0.25, -0.2) is 4.39 Å². The van der Waals surface area contributed by atoms with Gasteiger partial charge >= 0.3 is 0 Å². The van der Waals surface area contributed by atoms with Gasteiger partial charge in [-0.05, 0) is 23.8 Å². The first-order valence-electron chi connectivity index (χ1n) is 4.90. The van der Waals surface area contributed by atoms with E-state index in [2.05, 4.69) is 6.58 Å². The van der Waals surface area contributed by atoms with Crippen LogP contribution in [-0.2, 0) is 11.3 Å². The summed E-state index contributed by atoms with van der Waals surface area (Å²) in [5, 5.41) is 11.5. The Kier molecular flexibility index (Phi) is 4.18. The molecule has 0 spiro atoms. The quantitative estimate of drug-likeness (QED) is 0.470. The van der Waals surface area contributed by atoms with Crippen LogP contribution in [-0.4, -0.2) is 30.1 Å². The summed E-state index contributed by atoms with van der Waals surface area (Å²) in [6.45, 7) is 3.57. The minimum Gasteiger partial charge on any atom is -0.370 e. The molecule has 0 bridgehead atoms. The van der Waals surface area contributed by atoms with Gasteiger partial charge in [-0.15, -0.1) is 0 Å².